The molecule has 10 heteroatoms. The fourth-order valence-electron chi connectivity index (χ4n) is 3.35. The Hall–Kier alpha value is -2.88. The number of nitrogen functional groups attached to an aromatic ring is 1. The number of aromatic nitrogens is 3. The molecule has 1 aliphatic rings. The molecule has 0 amide bonds. The molecule has 3 heterocycles. The minimum atomic E-state index is -1.39. The first-order valence-electron chi connectivity index (χ1n) is 9.93. The van der Waals surface area contributed by atoms with Crippen LogP contribution in [-0.2, 0) is 10.3 Å². The third-order valence-corrected chi connectivity index (χ3v) is 5.42. The molecule has 0 radical (unpaired) electrons. The summed E-state index contributed by atoms with van der Waals surface area (Å²) in [6, 6.07) is 7.06. The molecule has 2 aromatic heterocycles. The zero-order valence-corrected chi connectivity index (χ0v) is 18.0. The van der Waals surface area contributed by atoms with Gasteiger partial charge >= 0.3 is 0 Å². The second-order valence-corrected chi connectivity index (χ2v) is 7.99. The van der Waals surface area contributed by atoms with Crippen molar-refractivity contribution in [3.63, 3.8) is 0 Å². The van der Waals surface area contributed by atoms with Crippen molar-refractivity contribution in [1.29, 1.82) is 0 Å². The van der Waals surface area contributed by atoms with Gasteiger partial charge in [0.15, 0.2) is 5.82 Å². The molecule has 4 rings (SSSR count). The Balaban J connectivity index is 1.72. The van der Waals surface area contributed by atoms with E-state index in [4.69, 9.17) is 31.3 Å². The first kappa shape index (κ1) is 21.4. The fraction of sp³-hybridized carbons (Fsp3) is 0.381. The lowest BCUT2D eigenvalue weighted by Gasteiger charge is -2.27. The highest BCUT2D eigenvalue weighted by atomic mass is 35.5. The van der Waals surface area contributed by atoms with Crippen LogP contribution in [0.15, 0.2) is 35.0 Å². The van der Waals surface area contributed by atoms with E-state index in [2.05, 4.69) is 20.4 Å². The van der Waals surface area contributed by atoms with E-state index in [1.807, 2.05) is 0 Å². The predicted octanol–water partition coefficient (Wildman–Crippen LogP) is 3.57. The van der Waals surface area contributed by atoms with Gasteiger partial charge in [-0.05, 0) is 31.5 Å². The number of nitrogens with zero attached hydrogens (tertiary/aromatic N) is 3. The minimum Gasteiger partial charge on any atom is -0.488 e. The van der Waals surface area contributed by atoms with Crippen molar-refractivity contribution >= 4 is 29.1 Å². The molecule has 1 unspecified atom stereocenters. The van der Waals surface area contributed by atoms with Crippen LogP contribution in [0.4, 0.5) is 17.5 Å². The van der Waals surface area contributed by atoms with Crippen LogP contribution in [0.25, 0.3) is 0 Å². The molecular formula is C21H24ClN5O4. The first-order chi connectivity index (χ1) is 14.8. The fourth-order valence-corrected chi connectivity index (χ4v) is 3.48. The van der Waals surface area contributed by atoms with Gasteiger partial charge in [0.25, 0.3) is 0 Å². The van der Waals surface area contributed by atoms with E-state index >= 15 is 0 Å². The third kappa shape index (κ3) is 4.73. The summed E-state index contributed by atoms with van der Waals surface area (Å²) in [6.45, 7) is 4.73. The number of rotatable bonds is 6. The van der Waals surface area contributed by atoms with Gasteiger partial charge in [0, 0.05) is 18.9 Å². The van der Waals surface area contributed by atoms with Crippen molar-refractivity contribution in [2.75, 3.05) is 24.3 Å². The van der Waals surface area contributed by atoms with Crippen molar-refractivity contribution in [2.45, 2.75) is 38.4 Å². The smallest absolute Gasteiger partial charge is 0.222 e. The molecule has 31 heavy (non-hydrogen) atoms. The van der Waals surface area contributed by atoms with Gasteiger partial charge in [-0.2, -0.15) is 4.98 Å². The lowest BCUT2D eigenvalue weighted by molar-refractivity contribution is 0.0258. The molecule has 1 saturated heterocycles. The van der Waals surface area contributed by atoms with Crippen molar-refractivity contribution in [3.05, 3.63) is 52.5 Å². The summed E-state index contributed by atoms with van der Waals surface area (Å²) >= 11 is 6.25. The molecule has 0 bridgehead atoms. The first-order valence-corrected chi connectivity index (χ1v) is 10.3. The summed E-state index contributed by atoms with van der Waals surface area (Å²) < 4.78 is 16.8. The molecule has 3 aromatic rings. The Morgan fingerprint density at radius 3 is 2.77 bits per heavy atom. The Morgan fingerprint density at radius 1 is 1.29 bits per heavy atom. The van der Waals surface area contributed by atoms with Crippen molar-refractivity contribution in [3.8, 4) is 5.75 Å². The monoisotopic (exact) mass is 445 g/mol. The topological polar surface area (TPSA) is 129 Å². The molecular weight excluding hydrogens is 422 g/mol. The van der Waals surface area contributed by atoms with Gasteiger partial charge < -0.3 is 30.2 Å². The van der Waals surface area contributed by atoms with Gasteiger partial charge in [0.05, 0.1) is 25.1 Å². The van der Waals surface area contributed by atoms with E-state index < -0.39 is 5.60 Å². The highest BCUT2D eigenvalue weighted by Crippen LogP contribution is 2.37. The molecule has 1 aliphatic heterocycles. The van der Waals surface area contributed by atoms with Gasteiger partial charge in [-0.15, -0.1) is 0 Å². The van der Waals surface area contributed by atoms with E-state index in [9.17, 15) is 5.11 Å². The number of aliphatic hydroxyl groups is 1. The quantitative estimate of drug-likeness (QED) is 0.521. The highest BCUT2D eigenvalue weighted by Gasteiger charge is 2.30. The van der Waals surface area contributed by atoms with Crippen LogP contribution in [0.1, 0.15) is 36.8 Å². The maximum absolute atomic E-state index is 11.2. The summed E-state index contributed by atoms with van der Waals surface area (Å²) in [5.41, 5.74) is 5.89. The highest BCUT2D eigenvalue weighted by molar-refractivity contribution is 6.32. The maximum Gasteiger partial charge on any atom is 0.222 e. The largest absolute Gasteiger partial charge is 0.488 e. The molecule has 0 aliphatic carbocycles. The van der Waals surface area contributed by atoms with Gasteiger partial charge in [-0.1, -0.05) is 22.8 Å². The predicted molar refractivity (Wildman–Crippen MR) is 116 cm³/mol. The average molecular weight is 446 g/mol. The summed E-state index contributed by atoms with van der Waals surface area (Å²) in [5, 5.41) is 18.6. The summed E-state index contributed by atoms with van der Waals surface area (Å²) in [5.74, 6) is 1.62. The van der Waals surface area contributed by atoms with Gasteiger partial charge in [-0.25, -0.2) is 4.98 Å². The molecule has 0 saturated carbocycles. The van der Waals surface area contributed by atoms with E-state index in [1.165, 1.54) is 6.20 Å². The Morgan fingerprint density at radius 2 is 2.06 bits per heavy atom. The lowest BCUT2D eigenvalue weighted by Crippen LogP contribution is -2.26. The van der Waals surface area contributed by atoms with E-state index in [-0.39, 0.29) is 12.1 Å². The number of nitrogens with one attached hydrogen (secondary N) is 1. The minimum absolute atomic E-state index is 0.0183. The van der Waals surface area contributed by atoms with E-state index in [0.717, 1.165) is 12.8 Å². The summed E-state index contributed by atoms with van der Waals surface area (Å²) in [6.07, 6.45) is 3.02. The number of aryl methyl sites for hydroxylation is 1. The molecule has 1 aromatic carbocycles. The number of hydrogen-bond donors (Lipinski definition) is 3. The Bertz CT molecular complexity index is 1070. The van der Waals surface area contributed by atoms with E-state index in [1.54, 1.807) is 38.1 Å². The number of halogens is 1. The van der Waals surface area contributed by atoms with Crippen LogP contribution in [-0.4, -0.2) is 39.5 Å². The van der Waals surface area contributed by atoms with Crippen LogP contribution >= 0.6 is 11.6 Å². The van der Waals surface area contributed by atoms with Crippen LogP contribution in [0.3, 0.4) is 0 Å². The average Bonchev–Trinajstić information content (AvgIpc) is 3.20. The van der Waals surface area contributed by atoms with Crippen molar-refractivity contribution in [2.24, 2.45) is 0 Å². The molecule has 0 spiro atoms. The maximum atomic E-state index is 11.2. The lowest BCUT2D eigenvalue weighted by atomic mass is 9.92. The summed E-state index contributed by atoms with van der Waals surface area (Å²) in [7, 11) is 0. The van der Waals surface area contributed by atoms with Crippen LogP contribution in [0.2, 0.25) is 5.02 Å². The Kier molecular flexibility index (Phi) is 5.99. The number of benzene rings is 1. The van der Waals surface area contributed by atoms with E-state index in [0.29, 0.717) is 52.5 Å². The number of anilines is 3. The van der Waals surface area contributed by atoms with Crippen LogP contribution in [0.5, 0.6) is 5.75 Å². The molecule has 4 N–H and O–H groups in total. The van der Waals surface area contributed by atoms with Gasteiger partial charge in [0.2, 0.25) is 5.95 Å². The number of nitrogens with two attached hydrogens (primary N) is 1. The normalized spacial score (nSPS) is 16.6. The molecule has 164 valence electrons. The molecule has 1 fully saturated rings. The van der Waals surface area contributed by atoms with Gasteiger partial charge in [-0.3, -0.25) is 0 Å². The molecule has 9 nitrogen and oxygen atoms in total. The molecule has 1 atom stereocenters. The third-order valence-electron chi connectivity index (χ3n) is 5.15. The zero-order valence-electron chi connectivity index (χ0n) is 17.3. The van der Waals surface area contributed by atoms with Crippen LogP contribution < -0.4 is 15.8 Å². The number of hydrogen-bond acceptors (Lipinski definition) is 9. The van der Waals surface area contributed by atoms with Gasteiger partial charge in [0.1, 0.15) is 33.9 Å². The van der Waals surface area contributed by atoms with Crippen LogP contribution in [0, 0.1) is 6.92 Å². The standard InChI is InChI=1S/C21H24ClN5O4/c1-12-9-18(27-31-12)21(2,28)13-3-4-17(30-14-5-7-29-8-6-14)16(10-13)25-19-15(22)11-24-20(23)26-19/h3-4,9-11,14,28H,5-8H2,1-2H3,(H3,23,24,25,26). The Labute approximate surface area is 184 Å². The van der Waals surface area contributed by atoms with Crippen molar-refractivity contribution in [1.82, 2.24) is 15.1 Å². The summed E-state index contributed by atoms with van der Waals surface area (Å²) in [4.78, 5) is 8.05. The second-order valence-electron chi connectivity index (χ2n) is 7.59. The zero-order chi connectivity index (χ0) is 22.0. The second kappa shape index (κ2) is 8.70. The van der Waals surface area contributed by atoms with Crippen molar-refractivity contribution < 1.29 is 19.1 Å². The SMILES string of the molecule is Cc1cc(C(C)(O)c2ccc(OC3CCOCC3)c(Nc3nc(N)ncc3Cl)c2)no1. The number of ether oxygens (including phenoxy) is 2.